The molecule has 2 rings (SSSR count). The number of carboxylic acids is 1. The molecule has 0 aliphatic carbocycles. The Hall–Kier alpha value is -0.827. The van der Waals surface area contributed by atoms with E-state index in [1.54, 1.807) is 36.4 Å². The number of hydrogen-bond acceptors (Lipinski definition) is 2. The second-order valence-corrected chi connectivity index (χ2v) is 4.76. The van der Waals surface area contributed by atoms with Crippen LogP contribution in [0.3, 0.4) is 0 Å². The van der Waals surface area contributed by atoms with Gasteiger partial charge >= 0.3 is 5.97 Å². The summed E-state index contributed by atoms with van der Waals surface area (Å²) in [6.07, 6.45) is -0.0642. The summed E-state index contributed by atoms with van der Waals surface area (Å²) in [5, 5.41) is 12.9. The maximum atomic E-state index is 10.8. The maximum absolute atomic E-state index is 10.8. The Labute approximate surface area is 146 Å². The van der Waals surface area contributed by atoms with Crippen molar-refractivity contribution >= 4 is 66.7 Å². The summed E-state index contributed by atoms with van der Waals surface area (Å²) >= 11 is 12.1. The summed E-state index contributed by atoms with van der Waals surface area (Å²) in [4.78, 5) is 10.8. The van der Waals surface area contributed by atoms with E-state index in [2.05, 4.69) is 5.32 Å². The Bertz CT molecular complexity index is 600. The average molecular weight is 505 g/mol. The average Bonchev–Trinajstić information content (AvgIpc) is 2.35. The SMILES string of the molecule is O=C(O)Cc1ccccc1Nc1c(Cl)cccc1Cl.[Bi]. The number of carbonyl (C=O) groups is 1. The van der Waals surface area contributed by atoms with Crippen LogP contribution in [0.5, 0.6) is 0 Å². The number of para-hydroxylation sites is 2. The zero-order valence-electron chi connectivity index (χ0n) is 10.3. The second-order valence-electron chi connectivity index (χ2n) is 3.95. The molecule has 0 fully saturated rings. The number of carboxylic acid groups (broad SMARTS) is 1. The first-order valence-electron chi connectivity index (χ1n) is 5.58. The van der Waals surface area contributed by atoms with Gasteiger partial charge in [0.25, 0.3) is 0 Å². The third-order valence-electron chi connectivity index (χ3n) is 2.58. The van der Waals surface area contributed by atoms with Crippen molar-refractivity contribution in [1.82, 2.24) is 0 Å². The first kappa shape index (κ1) is 17.2. The third-order valence-corrected chi connectivity index (χ3v) is 3.21. The molecule has 103 valence electrons. The van der Waals surface area contributed by atoms with E-state index in [1.165, 1.54) is 0 Å². The molecule has 3 nitrogen and oxygen atoms in total. The van der Waals surface area contributed by atoms with Crippen molar-refractivity contribution in [2.75, 3.05) is 5.32 Å². The molecule has 0 amide bonds. The van der Waals surface area contributed by atoms with Crippen LogP contribution in [0.4, 0.5) is 11.4 Å². The van der Waals surface area contributed by atoms with E-state index < -0.39 is 5.97 Å². The smallest absolute Gasteiger partial charge is 0.307 e. The minimum absolute atomic E-state index is 0. The van der Waals surface area contributed by atoms with Crippen LogP contribution >= 0.6 is 23.2 Å². The summed E-state index contributed by atoms with van der Waals surface area (Å²) < 4.78 is 0. The summed E-state index contributed by atoms with van der Waals surface area (Å²) in [6, 6.07) is 12.3. The van der Waals surface area contributed by atoms with Crippen molar-refractivity contribution < 1.29 is 9.90 Å². The van der Waals surface area contributed by atoms with Crippen LogP contribution in [0, 0.1) is 0 Å². The molecule has 0 unspecified atom stereocenters. The topological polar surface area (TPSA) is 49.3 Å². The minimum atomic E-state index is -0.889. The van der Waals surface area contributed by atoms with Gasteiger partial charge in [0, 0.05) is 31.9 Å². The molecule has 2 aromatic carbocycles. The molecule has 0 bridgehead atoms. The number of nitrogens with one attached hydrogen (secondary N) is 1. The van der Waals surface area contributed by atoms with Crippen molar-refractivity contribution in [2.45, 2.75) is 6.42 Å². The Kier molecular flexibility index (Phi) is 6.74. The van der Waals surface area contributed by atoms with Crippen LogP contribution in [0.1, 0.15) is 5.56 Å². The van der Waals surface area contributed by atoms with E-state index in [9.17, 15) is 4.79 Å². The molecule has 2 aromatic rings. The van der Waals surface area contributed by atoms with Gasteiger partial charge in [-0.05, 0) is 23.8 Å². The van der Waals surface area contributed by atoms with Gasteiger partial charge in [0.2, 0.25) is 0 Å². The molecule has 20 heavy (non-hydrogen) atoms. The Morgan fingerprint density at radius 2 is 1.65 bits per heavy atom. The Balaban J connectivity index is 0.00000200. The number of aliphatic carboxylic acids is 1. The molecule has 0 aromatic heterocycles. The molecule has 0 saturated heterocycles. The zero-order chi connectivity index (χ0) is 13.8. The summed E-state index contributed by atoms with van der Waals surface area (Å²) in [5.74, 6) is -0.889. The fourth-order valence-corrected chi connectivity index (χ4v) is 2.20. The number of rotatable bonds is 4. The first-order chi connectivity index (χ1) is 9.08. The van der Waals surface area contributed by atoms with Crippen molar-refractivity contribution in [3.8, 4) is 0 Å². The van der Waals surface area contributed by atoms with E-state index in [-0.39, 0.29) is 32.6 Å². The standard InChI is InChI=1S/C14H11Cl2NO2.Bi/c15-10-5-3-6-11(16)14(10)17-12-7-2-1-4-9(12)8-13(18)19;/h1-7,17H,8H2,(H,18,19);. The fraction of sp³-hybridized carbons (Fsp3) is 0.0714. The largest absolute Gasteiger partial charge is 0.481 e. The van der Waals surface area contributed by atoms with Crippen molar-refractivity contribution in [1.29, 1.82) is 0 Å². The fourth-order valence-electron chi connectivity index (χ4n) is 1.71. The van der Waals surface area contributed by atoms with Gasteiger partial charge in [-0.2, -0.15) is 0 Å². The minimum Gasteiger partial charge on any atom is -0.481 e. The molecule has 0 atom stereocenters. The van der Waals surface area contributed by atoms with Crippen LogP contribution in [-0.4, -0.2) is 37.3 Å². The van der Waals surface area contributed by atoms with Crippen LogP contribution < -0.4 is 5.32 Å². The van der Waals surface area contributed by atoms with Crippen molar-refractivity contribution in [2.24, 2.45) is 0 Å². The molecule has 0 spiro atoms. The predicted molar refractivity (Wildman–Crippen MR) is 83.3 cm³/mol. The molecule has 2 N–H and O–H groups in total. The summed E-state index contributed by atoms with van der Waals surface area (Å²) in [5.41, 5.74) is 1.93. The molecule has 0 saturated carbocycles. The van der Waals surface area contributed by atoms with Crippen LogP contribution in [0.15, 0.2) is 42.5 Å². The maximum Gasteiger partial charge on any atom is 0.307 e. The van der Waals surface area contributed by atoms with Gasteiger partial charge in [0.1, 0.15) is 0 Å². The van der Waals surface area contributed by atoms with Crippen LogP contribution in [0.2, 0.25) is 10.0 Å². The van der Waals surface area contributed by atoms with Crippen molar-refractivity contribution in [3.63, 3.8) is 0 Å². The zero-order valence-corrected chi connectivity index (χ0v) is 15.3. The third kappa shape index (κ3) is 4.34. The Morgan fingerprint density at radius 1 is 1.05 bits per heavy atom. The second kappa shape index (κ2) is 7.82. The van der Waals surface area contributed by atoms with Crippen LogP contribution in [0.25, 0.3) is 0 Å². The summed E-state index contributed by atoms with van der Waals surface area (Å²) in [6.45, 7) is 0. The van der Waals surface area contributed by atoms with E-state index in [0.29, 0.717) is 27.0 Å². The van der Waals surface area contributed by atoms with Gasteiger partial charge in [-0.15, -0.1) is 0 Å². The molecule has 3 radical (unpaired) electrons. The monoisotopic (exact) mass is 504 g/mol. The summed E-state index contributed by atoms with van der Waals surface area (Å²) in [7, 11) is 0. The van der Waals surface area contributed by atoms with Gasteiger partial charge < -0.3 is 10.4 Å². The first-order valence-corrected chi connectivity index (χ1v) is 6.34. The Morgan fingerprint density at radius 3 is 2.25 bits per heavy atom. The predicted octanol–water partition coefficient (Wildman–Crippen LogP) is 3.98. The molecule has 6 heteroatoms. The van der Waals surface area contributed by atoms with E-state index in [1.807, 2.05) is 6.07 Å². The van der Waals surface area contributed by atoms with Gasteiger partial charge in [-0.1, -0.05) is 47.5 Å². The number of anilines is 2. The van der Waals surface area contributed by atoms with Crippen molar-refractivity contribution in [3.05, 3.63) is 58.1 Å². The normalized spacial score (nSPS) is 9.70. The van der Waals surface area contributed by atoms with Gasteiger partial charge in [-0.25, -0.2) is 0 Å². The quantitative estimate of drug-likeness (QED) is 0.619. The molecule has 0 heterocycles. The number of halogens is 2. The van der Waals surface area contributed by atoms with E-state index in [0.717, 1.165) is 0 Å². The molecular formula is C14H11BiCl2NO2. The molecule has 0 aliphatic heterocycles. The van der Waals surface area contributed by atoms with E-state index >= 15 is 0 Å². The van der Waals surface area contributed by atoms with Gasteiger partial charge in [0.15, 0.2) is 0 Å². The molecule has 0 aliphatic rings. The molecular weight excluding hydrogens is 494 g/mol. The van der Waals surface area contributed by atoms with E-state index in [4.69, 9.17) is 28.3 Å². The van der Waals surface area contributed by atoms with Crippen LogP contribution in [-0.2, 0) is 11.2 Å². The number of benzene rings is 2. The number of hydrogen-bond donors (Lipinski definition) is 2. The van der Waals surface area contributed by atoms with Gasteiger partial charge in [0.05, 0.1) is 22.2 Å². The van der Waals surface area contributed by atoms with Gasteiger partial charge in [-0.3, -0.25) is 4.79 Å².